The Balaban J connectivity index is 1.39. The largest absolute Gasteiger partial charge is 0.493 e. The van der Waals surface area contributed by atoms with Crippen LogP contribution in [-0.2, 0) is 20.9 Å². The fourth-order valence-corrected chi connectivity index (χ4v) is 4.69. The number of hydrogen-bond donors (Lipinski definition) is 3. The first kappa shape index (κ1) is 32.4. The van der Waals surface area contributed by atoms with Gasteiger partial charge in [-0.1, -0.05) is 45.7 Å². The Bertz CT molecular complexity index is 1590. The van der Waals surface area contributed by atoms with Gasteiger partial charge in [-0.25, -0.2) is 15.0 Å². The molecular formula is C31H30BrClN4O7. The maximum absolute atomic E-state index is 12.6. The molecular weight excluding hydrogens is 656 g/mol. The van der Waals surface area contributed by atoms with E-state index >= 15 is 0 Å². The molecule has 1 heterocycles. The van der Waals surface area contributed by atoms with Crippen LogP contribution >= 0.6 is 27.5 Å². The third-order valence-corrected chi connectivity index (χ3v) is 7.08. The van der Waals surface area contributed by atoms with Crippen molar-refractivity contribution in [2.24, 2.45) is 5.10 Å². The number of carbonyl (C=O) groups excluding carboxylic acids is 3. The predicted molar refractivity (Wildman–Crippen MR) is 168 cm³/mol. The first-order valence-electron chi connectivity index (χ1n) is 13.4. The zero-order chi connectivity index (χ0) is 31.6. The quantitative estimate of drug-likeness (QED) is 0.132. The van der Waals surface area contributed by atoms with Crippen LogP contribution in [0.2, 0.25) is 5.02 Å². The Hall–Kier alpha value is -4.55. The molecule has 3 aromatic carbocycles. The normalized spacial score (nSPS) is 14.5. The highest BCUT2D eigenvalue weighted by atomic mass is 79.9. The topological polar surface area (TPSA) is 137 Å². The van der Waals surface area contributed by atoms with Crippen molar-refractivity contribution in [2.75, 3.05) is 20.3 Å². The minimum atomic E-state index is -0.779. The summed E-state index contributed by atoms with van der Waals surface area (Å²) >= 11 is 9.57. The van der Waals surface area contributed by atoms with E-state index in [0.717, 1.165) is 10.0 Å². The second kappa shape index (κ2) is 15.3. The van der Waals surface area contributed by atoms with Gasteiger partial charge in [0.1, 0.15) is 12.4 Å². The molecule has 3 N–H and O–H groups in total. The molecule has 1 aliphatic heterocycles. The minimum absolute atomic E-state index is 0.180. The monoisotopic (exact) mass is 684 g/mol. The number of hydrazone groups is 1. The highest BCUT2D eigenvalue weighted by molar-refractivity contribution is 9.10. The van der Waals surface area contributed by atoms with Crippen LogP contribution in [0.5, 0.6) is 17.2 Å². The van der Waals surface area contributed by atoms with Gasteiger partial charge in [0.15, 0.2) is 18.1 Å². The predicted octanol–water partition coefficient (Wildman–Crippen LogP) is 5.41. The fourth-order valence-electron chi connectivity index (χ4n) is 4.25. The highest BCUT2D eigenvalue weighted by Crippen LogP contribution is 2.34. The molecule has 11 nitrogen and oxygen atoms in total. The van der Waals surface area contributed by atoms with E-state index in [1.165, 1.54) is 13.3 Å². The Morgan fingerprint density at radius 3 is 2.52 bits per heavy atom. The SMILES string of the molecule is CCOC(=O)C1=C(C)NC(=O)N[C@@H]1c1ccc(OCC(=O)N/N=C/c2cc(Cl)ccc2OCc2ccc(Br)cc2)c(OC)c1. The Morgan fingerprint density at radius 2 is 1.80 bits per heavy atom. The lowest BCUT2D eigenvalue weighted by Crippen LogP contribution is -2.45. The summed E-state index contributed by atoms with van der Waals surface area (Å²) < 4.78 is 23.2. The van der Waals surface area contributed by atoms with Crippen LogP contribution < -0.4 is 30.3 Å². The summed E-state index contributed by atoms with van der Waals surface area (Å²) in [5, 5.41) is 9.82. The Morgan fingerprint density at radius 1 is 1.05 bits per heavy atom. The smallest absolute Gasteiger partial charge is 0.338 e. The van der Waals surface area contributed by atoms with Crippen LogP contribution in [0.3, 0.4) is 0 Å². The van der Waals surface area contributed by atoms with E-state index in [-0.39, 0.29) is 24.5 Å². The fraction of sp³-hybridized carbons (Fsp3) is 0.226. The summed E-state index contributed by atoms with van der Waals surface area (Å²) in [6.07, 6.45) is 1.43. The molecule has 0 radical (unpaired) electrons. The van der Waals surface area contributed by atoms with E-state index < -0.39 is 23.9 Å². The van der Waals surface area contributed by atoms with E-state index in [9.17, 15) is 14.4 Å². The van der Waals surface area contributed by atoms with Gasteiger partial charge in [0, 0.05) is 20.8 Å². The Kier molecular flexibility index (Phi) is 11.2. The van der Waals surface area contributed by atoms with Crippen molar-refractivity contribution in [3.8, 4) is 17.2 Å². The number of nitrogens with one attached hydrogen (secondary N) is 3. The van der Waals surface area contributed by atoms with Crippen molar-refractivity contribution in [3.63, 3.8) is 0 Å². The van der Waals surface area contributed by atoms with Crippen molar-refractivity contribution in [3.05, 3.63) is 98.1 Å². The lowest BCUT2D eigenvalue weighted by atomic mass is 9.95. The number of hydrogen-bond acceptors (Lipinski definition) is 8. The van der Waals surface area contributed by atoms with Gasteiger partial charge in [0.05, 0.1) is 31.5 Å². The molecule has 0 bridgehead atoms. The molecule has 0 aromatic heterocycles. The average molecular weight is 686 g/mol. The number of amides is 3. The Labute approximate surface area is 267 Å². The third-order valence-electron chi connectivity index (χ3n) is 6.32. The molecule has 230 valence electrons. The number of allylic oxidation sites excluding steroid dienone is 1. The molecule has 0 fully saturated rings. The number of esters is 1. The minimum Gasteiger partial charge on any atom is -0.493 e. The van der Waals surface area contributed by atoms with Crippen LogP contribution in [0.4, 0.5) is 4.79 Å². The molecule has 0 spiro atoms. The molecule has 13 heteroatoms. The first-order valence-corrected chi connectivity index (χ1v) is 14.6. The van der Waals surface area contributed by atoms with Crippen molar-refractivity contribution in [1.82, 2.24) is 16.1 Å². The number of nitrogens with zero attached hydrogens (tertiary/aromatic N) is 1. The lowest BCUT2D eigenvalue weighted by Gasteiger charge is -2.28. The van der Waals surface area contributed by atoms with Gasteiger partial charge in [0.2, 0.25) is 0 Å². The van der Waals surface area contributed by atoms with E-state index in [1.807, 2.05) is 24.3 Å². The molecule has 0 aliphatic carbocycles. The van der Waals surface area contributed by atoms with Gasteiger partial charge in [-0.15, -0.1) is 0 Å². The van der Waals surface area contributed by atoms with Gasteiger partial charge in [-0.2, -0.15) is 5.10 Å². The molecule has 0 saturated heterocycles. The van der Waals surface area contributed by atoms with Crippen molar-refractivity contribution >= 4 is 51.7 Å². The number of benzene rings is 3. The summed E-state index contributed by atoms with van der Waals surface area (Å²) in [5.41, 5.74) is 5.17. The number of carbonyl (C=O) groups is 3. The average Bonchev–Trinajstić information content (AvgIpc) is 3.00. The van der Waals surface area contributed by atoms with E-state index in [0.29, 0.717) is 40.0 Å². The number of methoxy groups -OCH3 is 1. The zero-order valence-corrected chi connectivity index (χ0v) is 26.5. The van der Waals surface area contributed by atoms with Crippen molar-refractivity contribution in [2.45, 2.75) is 26.5 Å². The molecule has 1 atom stereocenters. The molecule has 3 aromatic rings. The molecule has 4 rings (SSSR count). The number of rotatable bonds is 12. The van der Waals surface area contributed by atoms with E-state index in [4.69, 9.17) is 30.5 Å². The lowest BCUT2D eigenvalue weighted by molar-refractivity contribution is -0.139. The van der Waals surface area contributed by atoms with Crippen LogP contribution in [0.15, 0.2) is 81.5 Å². The summed E-state index contributed by atoms with van der Waals surface area (Å²) in [6.45, 7) is 3.47. The highest BCUT2D eigenvalue weighted by Gasteiger charge is 2.32. The maximum Gasteiger partial charge on any atom is 0.338 e. The first-order chi connectivity index (χ1) is 21.2. The summed E-state index contributed by atoms with van der Waals surface area (Å²) in [4.78, 5) is 37.3. The van der Waals surface area contributed by atoms with Gasteiger partial charge in [-0.3, -0.25) is 4.79 Å². The van der Waals surface area contributed by atoms with E-state index in [1.54, 1.807) is 50.2 Å². The van der Waals surface area contributed by atoms with Gasteiger partial charge >= 0.3 is 12.0 Å². The number of halogens is 2. The van der Waals surface area contributed by atoms with Crippen LogP contribution in [0, 0.1) is 0 Å². The summed E-state index contributed by atoms with van der Waals surface area (Å²) in [7, 11) is 1.44. The molecule has 44 heavy (non-hydrogen) atoms. The molecule has 1 aliphatic rings. The van der Waals surface area contributed by atoms with Crippen LogP contribution in [-0.4, -0.2) is 44.4 Å². The van der Waals surface area contributed by atoms with Crippen molar-refractivity contribution < 1.29 is 33.3 Å². The molecule has 0 saturated carbocycles. The van der Waals surface area contributed by atoms with Gasteiger partial charge in [-0.05, 0) is 67.4 Å². The number of ether oxygens (including phenoxy) is 4. The standard InChI is InChI=1S/C31H30BrClN4O7/c1-4-42-30(39)28-18(2)35-31(40)36-29(28)20-7-11-25(26(14-20)41-3)44-17-27(38)37-34-15-21-13-23(33)10-12-24(21)43-16-19-5-8-22(32)9-6-19/h5-15,29H,4,16-17H2,1-3H3,(H,37,38)(H2,35,36,40)/b34-15+/t29-/m1/s1. The maximum atomic E-state index is 12.6. The second-order valence-electron chi connectivity index (χ2n) is 9.38. The summed E-state index contributed by atoms with van der Waals surface area (Å²) in [5.74, 6) is 0.0181. The molecule has 3 amide bonds. The zero-order valence-electron chi connectivity index (χ0n) is 24.1. The molecule has 0 unspecified atom stereocenters. The van der Waals surface area contributed by atoms with Crippen molar-refractivity contribution in [1.29, 1.82) is 0 Å². The van der Waals surface area contributed by atoms with Gasteiger partial charge in [0.25, 0.3) is 5.91 Å². The van der Waals surface area contributed by atoms with Crippen LogP contribution in [0.1, 0.15) is 36.6 Å². The van der Waals surface area contributed by atoms with E-state index in [2.05, 4.69) is 37.1 Å². The third kappa shape index (κ3) is 8.51. The summed E-state index contributed by atoms with van der Waals surface area (Å²) in [6, 6.07) is 16.5. The van der Waals surface area contributed by atoms with Gasteiger partial charge < -0.3 is 29.6 Å². The second-order valence-corrected chi connectivity index (χ2v) is 10.7. The van der Waals surface area contributed by atoms with Crippen LogP contribution in [0.25, 0.3) is 0 Å². The number of urea groups is 1.